The number of hydrogen-bond acceptors (Lipinski definition) is 4. The number of nitrogens with two attached hydrogens (primary N) is 2. The standard InChI is InChI=1S/C12H17N3O3S.C2H6O2S/c1-7(2)9-5-4-8(11(16)15-12(13)14)6-10(9)19(3,17)18;1-5(2,3)4/h4-7H,1-3H3,(H4,13,14,15,16);1H2,2H3,(H,3,4). The largest absolute Gasteiger partial charge is 0.370 e. The van der Waals surface area contributed by atoms with Gasteiger partial charge in [0.2, 0.25) is 0 Å². The zero-order chi connectivity index (χ0) is 19.3. The van der Waals surface area contributed by atoms with Gasteiger partial charge in [0.15, 0.2) is 15.8 Å². The van der Waals surface area contributed by atoms with Crippen LogP contribution in [0.1, 0.15) is 35.7 Å². The van der Waals surface area contributed by atoms with Crippen LogP contribution in [0.2, 0.25) is 0 Å². The van der Waals surface area contributed by atoms with Gasteiger partial charge in [-0.3, -0.25) is 4.79 Å². The van der Waals surface area contributed by atoms with Crippen LogP contribution in [0.25, 0.3) is 0 Å². The van der Waals surface area contributed by atoms with Crippen molar-refractivity contribution in [1.29, 1.82) is 0 Å². The van der Waals surface area contributed by atoms with Crippen LogP contribution < -0.4 is 11.5 Å². The topological polar surface area (TPSA) is 153 Å². The first-order valence-electron chi connectivity index (χ1n) is 6.65. The van der Waals surface area contributed by atoms with Crippen molar-refractivity contribution < 1.29 is 22.0 Å². The second-order valence-electron chi connectivity index (χ2n) is 5.48. The SMILES string of the molecule is C=S(C)(=O)O.CC(C)c1ccc(C(=O)N=C(N)N)cc1S(C)(=O)=O. The molecule has 136 valence electrons. The summed E-state index contributed by atoms with van der Waals surface area (Å²) in [6, 6.07) is 4.43. The Hall–Kier alpha value is -1.91. The summed E-state index contributed by atoms with van der Waals surface area (Å²) in [6.45, 7) is 3.75. The molecule has 8 nitrogen and oxygen atoms in total. The molecule has 0 aliphatic heterocycles. The molecule has 1 aromatic carbocycles. The number of rotatable bonds is 3. The van der Waals surface area contributed by atoms with E-state index < -0.39 is 25.5 Å². The van der Waals surface area contributed by atoms with Gasteiger partial charge in [-0.1, -0.05) is 19.9 Å². The van der Waals surface area contributed by atoms with Crippen LogP contribution in [-0.4, -0.2) is 47.4 Å². The van der Waals surface area contributed by atoms with Crippen molar-refractivity contribution in [2.45, 2.75) is 24.7 Å². The maximum Gasteiger partial charge on any atom is 0.280 e. The first kappa shape index (κ1) is 22.1. The van der Waals surface area contributed by atoms with Crippen molar-refractivity contribution in [3.8, 4) is 0 Å². The Morgan fingerprint density at radius 1 is 1.21 bits per heavy atom. The van der Waals surface area contributed by atoms with Crippen LogP contribution >= 0.6 is 0 Å². The summed E-state index contributed by atoms with van der Waals surface area (Å²) in [7, 11) is -6.09. The highest BCUT2D eigenvalue weighted by atomic mass is 32.2. The quantitative estimate of drug-likeness (QED) is 0.392. The molecule has 0 bridgehead atoms. The summed E-state index contributed by atoms with van der Waals surface area (Å²) in [5.41, 5.74) is 11.0. The van der Waals surface area contributed by atoms with Crippen molar-refractivity contribution in [1.82, 2.24) is 0 Å². The Balaban J connectivity index is 0.000000922. The van der Waals surface area contributed by atoms with Crippen LogP contribution in [-0.2, 0) is 19.6 Å². The number of nitrogens with zero attached hydrogens (tertiary/aromatic N) is 1. The van der Waals surface area contributed by atoms with Crippen LogP contribution in [0, 0.1) is 0 Å². The van der Waals surface area contributed by atoms with Gasteiger partial charge in [0.25, 0.3) is 5.91 Å². The van der Waals surface area contributed by atoms with Gasteiger partial charge in [-0.15, -0.1) is 0 Å². The van der Waals surface area contributed by atoms with Gasteiger partial charge in [0.1, 0.15) is 0 Å². The Kier molecular flexibility index (Phi) is 7.61. The van der Waals surface area contributed by atoms with Gasteiger partial charge in [-0.05, 0) is 29.5 Å². The molecule has 0 radical (unpaired) electrons. The predicted molar refractivity (Wildman–Crippen MR) is 97.6 cm³/mol. The molecule has 0 spiro atoms. The number of aliphatic imine (C=N–C) groups is 1. The molecule has 1 unspecified atom stereocenters. The smallest absolute Gasteiger partial charge is 0.280 e. The maximum absolute atomic E-state index is 11.8. The lowest BCUT2D eigenvalue weighted by Gasteiger charge is -2.12. The Morgan fingerprint density at radius 3 is 2.00 bits per heavy atom. The van der Waals surface area contributed by atoms with E-state index in [1.54, 1.807) is 6.07 Å². The van der Waals surface area contributed by atoms with E-state index in [2.05, 4.69) is 10.9 Å². The van der Waals surface area contributed by atoms with E-state index in [-0.39, 0.29) is 22.3 Å². The number of hydrogen-bond donors (Lipinski definition) is 3. The lowest BCUT2D eigenvalue weighted by Crippen LogP contribution is -2.24. The van der Waals surface area contributed by atoms with Gasteiger partial charge < -0.3 is 16.0 Å². The molecule has 0 aliphatic rings. The summed E-state index contributed by atoms with van der Waals surface area (Å²) in [5, 5.41) is 0. The molecule has 24 heavy (non-hydrogen) atoms. The average molecular weight is 377 g/mol. The number of carbonyl (C=O) groups excluding carboxylic acids is 1. The molecular weight excluding hydrogens is 354 g/mol. The number of amides is 1. The minimum atomic E-state index is -3.43. The highest BCUT2D eigenvalue weighted by Gasteiger charge is 2.18. The third-order valence-electron chi connectivity index (χ3n) is 2.51. The first-order valence-corrected chi connectivity index (χ1v) is 10.6. The summed E-state index contributed by atoms with van der Waals surface area (Å²) >= 11 is 0. The molecule has 1 atom stereocenters. The molecule has 5 N–H and O–H groups in total. The fourth-order valence-corrected chi connectivity index (χ4v) is 2.72. The van der Waals surface area contributed by atoms with Crippen molar-refractivity contribution in [2.75, 3.05) is 12.5 Å². The molecule has 0 heterocycles. The van der Waals surface area contributed by atoms with E-state index >= 15 is 0 Å². The summed E-state index contributed by atoms with van der Waals surface area (Å²) in [4.78, 5) is 15.2. The Bertz CT molecular complexity index is 829. The van der Waals surface area contributed by atoms with Gasteiger partial charge in [0.05, 0.1) is 14.7 Å². The van der Waals surface area contributed by atoms with E-state index in [1.165, 1.54) is 12.1 Å². The van der Waals surface area contributed by atoms with Gasteiger partial charge in [-0.2, -0.15) is 4.99 Å². The highest BCUT2D eigenvalue weighted by molar-refractivity contribution is 7.94. The third kappa shape index (κ3) is 8.65. The molecule has 1 amide bonds. The van der Waals surface area contributed by atoms with Crippen molar-refractivity contribution >= 4 is 37.4 Å². The van der Waals surface area contributed by atoms with E-state index in [4.69, 9.17) is 16.0 Å². The molecule has 1 aromatic rings. The van der Waals surface area contributed by atoms with Gasteiger partial charge in [-0.25, -0.2) is 12.6 Å². The van der Waals surface area contributed by atoms with Gasteiger partial charge in [0, 0.05) is 18.1 Å². The fraction of sp³-hybridized carbons (Fsp3) is 0.357. The van der Waals surface area contributed by atoms with E-state index in [1.807, 2.05) is 13.8 Å². The zero-order valence-electron chi connectivity index (χ0n) is 14.0. The molecular formula is C14H23N3O5S2. The maximum atomic E-state index is 11.8. The van der Waals surface area contributed by atoms with Crippen LogP contribution in [0.4, 0.5) is 0 Å². The molecule has 0 fully saturated rings. The molecule has 0 saturated heterocycles. The van der Waals surface area contributed by atoms with E-state index in [0.29, 0.717) is 5.56 Å². The summed E-state index contributed by atoms with van der Waals surface area (Å²) in [5.74, 6) is 1.85. The van der Waals surface area contributed by atoms with Crippen LogP contribution in [0.15, 0.2) is 28.1 Å². The monoisotopic (exact) mass is 377 g/mol. The minimum Gasteiger partial charge on any atom is -0.370 e. The van der Waals surface area contributed by atoms with Gasteiger partial charge >= 0.3 is 0 Å². The Labute approximate surface area is 142 Å². The molecule has 1 rings (SSSR count). The normalized spacial score (nSPS) is 13.4. The lowest BCUT2D eigenvalue weighted by atomic mass is 10.0. The summed E-state index contributed by atoms with van der Waals surface area (Å²) < 4.78 is 41.1. The predicted octanol–water partition coefficient (Wildman–Crippen LogP) is 0.433. The van der Waals surface area contributed by atoms with Crippen molar-refractivity contribution in [3.05, 3.63) is 29.3 Å². The molecule has 0 saturated carbocycles. The number of guanidine groups is 1. The first-order chi connectivity index (χ1) is 10.6. The zero-order valence-corrected chi connectivity index (χ0v) is 15.6. The molecule has 10 heteroatoms. The number of benzene rings is 1. The number of carbonyl (C=O) groups is 1. The van der Waals surface area contributed by atoms with E-state index in [9.17, 15) is 17.4 Å². The molecule has 0 aliphatic carbocycles. The molecule has 0 aromatic heterocycles. The summed E-state index contributed by atoms with van der Waals surface area (Å²) in [6.07, 6.45) is 2.26. The second-order valence-corrected chi connectivity index (χ2v) is 9.38. The third-order valence-corrected chi connectivity index (χ3v) is 3.67. The van der Waals surface area contributed by atoms with Crippen molar-refractivity contribution in [2.24, 2.45) is 16.5 Å². The second kappa shape index (κ2) is 8.27. The van der Waals surface area contributed by atoms with Crippen molar-refractivity contribution in [3.63, 3.8) is 0 Å². The lowest BCUT2D eigenvalue weighted by molar-refractivity contribution is 0.100. The average Bonchev–Trinajstić information content (AvgIpc) is 2.34. The van der Waals surface area contributed by atoms with E-state index in [0.717, 1.165) is 12.5 Å². The van der Waals surface area contributed by atoms with Crippen LogP contribution in [0.5, 0.6) is 0 Å². The fourth-order valence-electron chi connectivity index (χ4n) is 1.65. The highest BCUT2D eigenvalue weighted by Crippen LogP contribution is 2.25. The van der Waals surface area contributed by atoms with Crippen LogP contribution in [0.3, 0.4) is 0 Å². The Morgan fingerprint density at radius 2 is 1.67 bits per heavy atom. The minimum absolute atomic E-state index is 0.0250. The number of sulfone groups is 1.